The first-order chi connectivity index (χ1) is 8.02. The summed E-state index contributed by atoms with van der Waals surface area (Å²) < 4.78 is -0.0253. The van der Waals surface area contributed by atoms with Gasteiger partial charge < -0.3 is 10.7 Å². The van der Waals surface area contributed by atoms with E-state index in [4.69, 9.17) is 5.73 Å². The third-order valence-electron chi connectivity index (χ3n) is 2.19. The molecule has 6 heteroatoms. The highest BCUT2D eigenvalue weighted by atomic mass is 16.1. The lowest BCUT2D eigenvalue weighted by atomic mass is 10.2. The van der Waals surface area contributed by atoms with Crippen LogP contribution in [0, 0.1) is 12.0 Å². The Morgan fingerprint density at radius 3 is 3.00 bits per heavy atom. The Hall–Kier alpha value is -2.39. The standard InChI is InChI=1S/C11H12N5O/c1-16(2,7-17)4-3-8-5-13-10-9(8)6-14-11(12)15-10/h5-7H,1-2H3,(H3,12,13,14,15)/q+1. The third-order valence-corrected chi connectivity index (χ3v) is 2.19. The molecule has 0 radical (unpaired) electrons. The van der Waals surface area contributed by atoms with Crippen LogP contribution in [0.25, 0.3) is 11.0 Å². The van der Waals surface area contributed by atoms with E-state index in [1.54, 1.807) is 26.5 Å². The van der Waals surface area contributed by atoms with Gasteiger partial charge in [0.1, 0.15) is 11.7 Å². The fourth-order valence-corrected chi connectivity index (χ4v) is 1.25. The zero-order valence-electron chi connectivity index (χ0n) is 9.56. The smallest absolute Gasteiger partial charge is 0.314 e. The van der Waals surface area contributed by atoms with Crippen LogP contribution in [-0.2, 0) is 4.79 Å². The third kappa shape index (κ3) is 2.24. The molecule has 86 valence electrons. The number of rotatable bonds is 1. The lowest BCUT2D eigenvalue weighted by Gasteiger charge is -2.08. The predicted molar refractivity (Wildman–Crippen MR) is 63.4 cm³/mol. The summed E-state index contributed by atoms with van der Waals surface area (Å²) in [7, 11) is 3.40. The minimum absolute atomic E-state index is 0.0253. The zero-order chi connectivity index (χ0) is 12.5. The van der Waals surface area contributed by atoms with Crippen LogP contribution in [0.3, 0.4) is 0 Å². The lowest BCUT2D eigenvalue weighted by molar-refractivity contribution is -0.731. The first kappa shape index (κ1) is 11.1. The van der Waals surface area contributed by atoms with E-state index in [1.165, 1.54) is 0 Å². The summed E-state index contributed by atoms with van der Waals surface area (Å²) in [4.78, 5) is 21.6. The molecule has 0 aliphatic rings. The van der Waals surface area contributed by atoms with Crippen LogP contribution < -0.4 is 5.73 Å². The molecule has 0 aliphatic heterocycles. The van der Waals surface area contributed by atoms with E-state index in [-0.39, 0.29) is 10.4 Å². The maximum Gasteiger partial charge on any atom is 0.314 e. The molecule has 0 aliphatic carbocycles. The highest BCUT2D eigenvalue weighted by Crippen LogP contribution is 2.14. The lowest BCUT2D eigenvalue weighted by Crippen LogP contribution is -2.31. The van der Waals surface area contributed by atoms with Gasteiger partial charge in [-0.2, -0.15) is 9.47 Å². The second-order valence-electron chi connectivity index (χ2n) is 4.07. The van der Waals surface area contributed by atoms with Crippen molar-refractivity contribution in [2.75, 3.05) is 19.8 Å². The molecule has 6 nitrogen and oxygen atoms in total. The molecule has 17 heavy (non-hydrogen) atoms. The van der Waals surface area contributed by atoms with Crippen LogP contribution in [0.1, 0.15) is 5.56 Å². The minimum atomic E-state index is -0.0253. The number of fused-ring (bicyclic) bond motifs is 1. The molecule has 0 aromatic carbocycles. The van der Waals surface area contributed by atoms with Crippen molar-refractivity contribution in [1.82, 2.24) is 15.0 Å². The molecule has 2 rings (SSSR count). The van der Waals surface area contributed by atoms with Crippen molar-refractivity contribution in [1.29, 1.82) is 0 Å². The highest BCUT2D eigenvalue weighted by Gasteiger charge is 2.10. The number of H-pyrrole nitrogens is 1. The number of nitrogens with zero attached hydrogens (tertiary/aromatic N) is 3. The number of hydrogen-bond donors (Lipinski definition) is 2. The largest absolute Gasteiger partial charge is 0.368 e. The number of nitrogens with one attached hydrogen (secondary N) is 1. The summed E-state index contributed by atoms with van der Waals surface area (Å²) in [6.45, 7) is 0. The van der Waals surface area contributed by atoms with Gasteiger partial charge in [-0.25, -0.2) is 9.78 Å². The van der Waals surface area contributed by atoms with Crippen molar-refractivity contribution in [2.24, 2.45) is 0 Å². The number of hydrogen-bond acceptors (Lipinski definition) is 4. The van der Waals surface area contributed by atoms with E-state index >= 15 is 0 Å². The first-order valence-electron chi connectivity index (χ1n) is 4.95. The zero-order valence-corrected chi connectivity index (χ0v) is 9.56. The van der Waals surface area contributed by atoms with Gasteiger partial charge in [0, 0.05) is 18.3 Å². The van der Waals surface area contributed by atoms with Crippen LogP contribution in [0.4, 0.5) is 5.95 Å². The molecule has 0 saturated heterocycles. The Morgan fingerprint density at radius 1 is 1.53 bits per heavy atom. The molecule has 2 heterocycles. The number of anilines is 1. The van der Waals surface area contributed by atoms with Crippen LogP contribution in [0.2, 0.25) is 0 Å². The Balaban J connectivity index is 2.47. The fraction of sp³-hybridized carbons (Fsp3) is 0.182. The van der Waals surface area contributed by atoms with Gasteiger partial charge in [-0.3, -0.25) is 0 Å². The molecule has 2 aromatic rings. The Kier molecular flexibility index (Phi) is 2.54. The number of nitrogens with two attached hydrogens (primary N) is 1. The summed E-state index contributed by atoms with van der Waals surface area (Å²) in [6, 6.07) is 2.83. The predicted octanol–water partition coefficient (Wildman–Crippen LogP) is 0.0819. The van der Waals surface area contributed by atoms with Gasteiger partial charge in [0.15, 0.2) is 0 Å². The summed E-state index contributed by atoms with van der Waals surface area (Å²) in [6.07, 6.45) is 4.09. The molecule has 2 aromatic heterocycles. The van der Waals surface area contributed by atoms with E-state index in [0.29, 0.717) is 5.65 Å². The van der Waals surface area contributed by atoms with Gasteiger partial charge in [-0.1, -0.05) is 0 Å². The summed E-state index contributed by atoms with van der Waals surface area (Å²) in [5, 5.41) is 0.789. The minimum Gasteiger partial charge on any atom is -0.368 e. The molecule has 0 fully saturated rings. The van der Waals surface area contributed by atoms with E-state index in [0.717, 1.165) is 17.4 Å². The van der Waals surface area contributed by atoms with Gasteiger partial charge in [-0.15, -0.1) is 0 Å². The topological polar surface area (TPSA) is 84.7 Å². The number of carbonyl (C=O) groups excluding carboxylic acids is 1. The average molecular weight is 230 g/mol. The number of quaternary nitrogens is 1. The number of nitrogen functional groups attached to an aromatic ring is 1. The molecule has 0 atom stereocenters. The Labute approximate surface area is 98.1 Å². The van der Waals surface area contributed by atoms with Crippen molar-refractivity contribution in [3.63, 3.8) is 0 Å². The van der Waals surface area contributed by atoms with Gasteiger partial charge in [0.2, 0.25) is 5.95 Å². The molecule has 0 bridgehead atoms. The maximum absolute atomic E-state index is 10.7. The highest BCUT2D eigenvalue weighted by molar-refractivity contribution is 5.82. The van der Waals surface area contributed by atoms with Gasteiger partial charge in [0.25, 0.3) is 0 Å². The Bertz CT molecular complexity index is 632. The van der Waals surface area contributed by atoms with Crippen molar-refractivity contribution >= 4 is 23.4 Å². The van der Waals surface area contributed by atoms with E-state index in [1.807, 2.05) is 0 Å². The van der Waals surface area contributed by atoms with Gasteiger partial charge >= 0.3 is 6.41 Å². The van der Waals surface area contributed by atoms with E-state index in [9.17, 15) is 4.79 Å². The SMILES string of the molecule is C[N+](C)(C#Cc1c[nH]c2nc(N)ncc12)C=O. The summed E-state index contributed by atoms with van der Waals surface area (Å²) in [5.74, 6) is 3.13. The van der Waals surface area contributed by atoms with Gasteiger partial charge in [0.05, 0.1) is 25.0 Å². The summed E-state index contributed by atoms with van der Waals surface area (Å²) >= 11 is 0. The van der Waals surface area contributed by atoms with Crippen LogP contribution in [0.5, 0.6) is 0 Å². The van der Waals surface area contributed by atoms with Crippen molar-refractivity contribution in [2.45, 2.75) is 0 Å². The van der Waals surface area contributed by atoms with Gasteiger partial charge in [-0.05, 0) is 0 Å². The average Bonchev–Trinajstić information content (AvgIpc) is 2.69. The van der Waals surface area contributed by atoms with Crippen molar-refractivity contribution in [3.8, 4) is 12.0 Å². The van der Waals surface area contributed by atoms with Crippen molar-refractivity contribution in [3.05, 3.63) is 18.0 Å². The second kappa shape index (κ2) is 3.88. The number of carbonyl (C=O) groups is 1. The number of aromatic amines is 1. The van der Waals surface area contributed by atoms with Crippen LogP contribution in [0.15, 0.2) is 12.4 Å². The molecule has 0 saturated carbocycles. The van der Waals surface area contributed by atoms with Crippen molar-refractivity contribution < 1.29 is 9.28 Å². The maximum atomic E-state index is 10.7. The number of aromatic nitrogens is 3. The Morgan fingerprint density at radius 2 is 2.29 bits per heavy atom. The molecular weight excluding hydrogens is 218 g/mol. The van der Waals surface area contributed by atoms with Crippen LogP contribution >= 0.6 is 0 Å². The second-order valence-corrected chi connectivity index (χ2v) is 4.07. The monoisotopic (exact) mass is 230 g/mol. The fourth-order valence-electron chi connectivity index (χ4n) is 1.25. The van der Waals surface area contributed by atoms with E-state index < -0.39 is 0 Å². The molecular formula is C11H12N5O+. The molecule has 3 N–H and O–H groups in total. The molecule has 0 spiro atoms. The first-order valence-corrected chi connectivity index (χ1v) is 4.95. The van der Waals surface area contributed by atoms with E-state index in [2.05, 4.69) is 26.9 Å². The summed E-state index contributed by atoms with van der Waals surface area (Å²) in [5.41, 5.74) is 6.85. The molecule has 0 unspecified atom stereocenters. The molecule has 1 amide bonds. The normalized spacial score (nSPS) is 10.9. The quantitative estimate of drug-likeness (QED) is 0.413. The van der Waals surface area contributed by atoms with Crippen LogP contribution in [-0.4, -0.2) is 39.9 Å². The number of amides is 1.